The van der Waals surface area contributed by atoms with Gasteiger partial charge in [0.2, 0.25) is 5.91 Å². The smallest absolute Gasteiger partial charge is 0.227 e. The lowest BCUT2D eigenvalue weighted by Gasteiger charge is -2.18. The molecule has 3 nitrogen and oxygen atoms in total. The summed E-state index contributed by atoms with van der Waals surface area (Å²) >= 11 is 6.15. The Labute approximate surface area is 141 Å². The van der Waals surface area contributed by atoms with E-state index in [1.165, 1.54) is 5.56 Å². The molecule has 0 N–H and O–H groups in total. The molecular weight excluding hydrogens is 310 g/mol. The molecule has 2 aromatic carbocycles. The minimum Gasteiger partial charge on any atom is -0.496 e. The Bertz CT molecular complexity index is 701. The third-order valence-corrected chi connectivity index (χ3v) is 4.79. The average molecular weight is 330 g/mol. The summed E-state index contributed by atoms with van der Waals surface area (Å²) < 4.78 is 5.44. The molecule has 1 aliphatic heterocycles. The second-order valence-corrected chi connectivity index (χ2v) is 6.24. The van der Waals surface area contributed by atoms with Crippen LogP contribution in [0.3, 0.4) is 0 Å². The monoisotopic (exact) mass is 329 g/mol. The fraction of sp³-hybridized carbons (Fsp3) is 0.316. The molecule has 0 unspecified atom stereocenters. The van der Waals surface area contributed by atoms with Gasteiger partial charge in [-0.2, -0.15) is 0 Å². The van der Waals surface area contributed by atoms with Crippen molar-refractivity contribution in [3.8, 4) is 5.75 Å². The number of halogens is 1. The lowest BCUT2D eigenvalue weighted by Crippen LogP contribution is -2.30. The van der Waals surface area contributed by atoms with Crippen LogP contribution in [0, 0.1) is 0 Å². The van der Waals surface area contributed by atoms with E-state index in [0.717, 1.165) is 30.8 Å². The van der Waals surface area contributed by atoms with E-state index in [2.05, 4.69) is 6.07 Å². The van der Waals surface area contributed by atoms with E-state index in [4.69, 9.17) is 16.3 Å². The van der Waals surface area contributed by atoms with E-state index < -0.39 is 0 Å². The Morgan fingerprint density at radius 3 is 2.74 bits per heavy atom. The lowest BCUT2D eigenvalue weighted by molar-refractivity contribution is -0.129. The highest BCUT2D eigenvalue weighted by molar-refractivity contribution is 6.31. The molecule has 4 heteroatoms. The minimum atomic E-state index is 0.135. The summed E-state index contributed by atoms with van der Waals surface area (Å²) in [5.74, 6) is 1.37. The van der Waals surface area contributed by atoms with Crippen molar-refractivity contribution in [2.45, 2.75) is 18.8 Å². The number of nitrogens with zero attached hydrogens (tertiary/aromatic N) is 1. The Morgan fingerprint density at radius 1 is 1.22 bits per heavy atom. The quantitative estimate of drug-likeness (QED) is 0.851. The molecule has 120 valence electrons. The second-order valence-electron chi connectivity index (χ2n) is 5.84. The fourth-order valence-corrected chi connectivity index (χ4v) is 3.36. The molecule has 1 heterocycles. The average Bonchev–Trinajstić information content (AvgIpc) is 3.07. The van der Waals surface area contributed by atoms with Crippen molar-refractivity contribution in [3.63, 3.8) is 0 Å². The van der Waals surface area contributed by atoms with Crippen molar-refractivity contribution in [2.75, 3.05) is 20.2 Å². The van der Waals surface area contributed by atoms with E-state index in [1.54, 1.807) is 7.11 Å². The van der Waals surface area contributed by atoms with Gasteiger partial charge >= 0.3 is 0 Å². The molecule has 0 bridgehead atoms. The topological polar surface area (TPSA) is 29.5 Å². The van der Waals surface area contributed by atoms with E-state index in [0.29, 0.717) is 17.4 Å². The van der Waals surface area contributed by atoms with Crippen LogP contribution in [0.15, 0.2) is 48.5 Å². The first-order valence-electron chi connectivity index (χ1n) is 7.83. The molecule has 1 saturated heterocycles. The van der Waals surface area contributed by atoms with Gasteiger partial charge in [0.1, 0.15) is 5.75 Å². The molecule has 2 aromatic rings. The molecule has 3 rings (SSSR count). The van der Waals surface area contributed by atoms with E-state index >= 15 is 0 Å². The van der Waals surface area contributed by atoms with Gasteiger partial charge in [0.15, 0.2) is 0 Å². The van der Waals surface area contributed by atoms with Crippen LogP contribution in [0.1, 0.15) is 23.5 Å². The number of likely N-dealkylation sites (tertiary alicyclic amines) is 1. The Balaban J connectivity index is 1.68. The van der Waals surface area contributed by atoms with Gasteiger partial charge in [0.05, 0.1) is 13.5 Å². The highest BCUT2D eigenvalue weighted by Crippen LogP contribution is 2.33. The summed E-state index contributed by atoms with van der Waals surface area (Å²) in [5, 5.41) is 0.654. The number of methoxy groups -OCH3 is 1. The van der Waals surface area contributed by atoms with Crippen LogP contribution in [0.2, 0.25) is 5.02 Å². The lowest BCUT2D eigenvalue weighted by atomic mass is 9.97. The Hall–Kier alpha value is -2.00. The summed E-state index contributed by atoms with van der Waals surface area (Å²) in [4.78, 5) is 14.5. The van der Waals surface area contributed by atoms with Crippen LogP contribution in [-0.4, -0.2) is 31.0 Å². The molecule has 0 spiro atoms. The number of ether oxygens (including phenoxy) is 1. The predicted octanol–water partition coefficient (Wildman–Crippen LogP) is 3.91. The van der Waals surface area contributed by atoms with Crippen molar-refractivity contribution in [3.05, 3.63) is 64.7 Å². The van der Waals surface area contributed by atoms with Crippen LogP contribution < -0.4 is 4.74 Å². The molecule has 1 aliphatic rings. The number of carbonyl (C=O) groups is 1. The molecule has 0 aliphatic carbocycles. The zero-order valence-corrected chi connectivity index (χ0v) is 13.9. The van der Waals surface area contributed by atoms with Crippen LogP contribution in [0.25, 0.3) is 0 Å². The molecular formula is C19H20ClNO2. The zero-order chi connectivity index (χ0) is 16.2. The fourth-order valence-electron chi connectivity index (χ4n) is 3.16. The summed E-state index contributed by atoms with van der Waals surface area (Å²) in [6.07, 6.45) is 1.33. The maximum atomic E-state index is 12.5. The number of hydrogen-bond acceptors (Lipinski definition) is 2. The maximum absolute atomic E-state index is 12.5. The van der Waals surface area contributed by atoms with Crippen LogP contribution >= 0.6 is 11.6 Å². The summed E-state index contributed by atoms with van der Waals surface area (Å²) in [5.41, 5.74) is 2.07. The largest absolute Gasteiger partial charge is 0.496 e. The van der Waals surface area contributed by atoms with Gasteiger partial charge < -0.3 is 9.64 Å². The molecule has 0 saturated carbocycles. The normalized spacial score (nSPS) is 17.3. The predicted molar refractivity (Wildman–Crippen MR) is 92.1 cm³/mol. The molecule has 1 amide bonds. The summed E-state index contributed by atoms with van der Waals surface area (Å²) in [6.45, 7) is 1.52. The highest BCUT2D eigenvalue weighted by Gasteiger charge is 2.29. The highest BCUT2D eigenvalue weighted by atomic mass is 35.5. The van der Waals surface area contributed by atoms with E-state index in [1.807, 2.05) is 47.4 Å². The van der Waals surface area contributed by atoms with Crippen molar-refractivity contribution < 1.29 is 9.53 Å². The van der Waals surface area contributed by atoms with Crippen LogP contribution in [-0.2, 0) is 11.2 Å². The first-order chi connectivity index (χ1) is 11.2. The van der Waals surface area contributed by atoms with E-state index in [9.17, 15) is 4.79 Å². The van der Waals surface area contributed by atoms with Gasteiger partial charge in [-0.15, -0.1) is 0 Å². The van der Waals surface area contributed by atoms with Gasteiger partial charge in [0, 0.05) is 24.0 Å². The van der Waals surface area contributed by atoms with Gasteiger partial charge in [-0.3, -0.25) is 4.79 Å². The summed E-state index contributed by atoms with van der Waals surface area (Å²) in [7, 11) is 1.69. The Kier molecular flexibility index (Phi) is 4.87. The molecule has 0 aromatic heterocycles. The van der Waals surface area contributed by atoms with Crippen LogP contribution in [0.4, 0.5) is 0 Å². The van der Waals surface area contributed by atoms with Gasteiger partial charge in [-0.25, -0.2) is 0 Å². The third-order valence-electron chi connectivity index (χ3n) is 4.42. The van der Waals surface area contributed by atoms with Gasteiger partial charge in [-0.1, -0.05) is 48.0 Å². The van der Waals surface area contributed by atoms with Crippen molar-refractivity contribution in [1.29, 1.82) is 0 Å². The van der Waals surface area contributed by atoms with E-state index in [-0.39, 0.29) is 5.91 Å². The van der Waals surface area contributed by atoms with Crippen molar-refractivity contribution in [1.82, 2.24) is 4.90 Å². The SMILES string of the molecule is COc1ccccc1[C@H]1CCN(C(=O)Cc2ccccc2Cl)C1. The number of para-hydroxylation sites is 1. The van der Waals surface area contributed by atoms with Crippen molar-refractivity contribution in [2.24, 2.45) is 0 Å². The number of benzene rings is 2. The molecule has 0 radical (unpaired) electrons. The number of hydrogen-bond donors (Lipinski definition) is 0. The first kappa shape index (κ1) is 15.9. The molecule has 23 heavy (non-hydrogen) atoms. The molecule has 1 fully saturated rings. The standard InChI is InChI=1S/C19H20ClNO2/c1-23-18-9-5-3-7-16(18)15-10-11-21(13-15)19(22)12-14-6-2-4-8-17(14)20/h2-9,15H,10-13H2,1H3/t15-/m0/s1. The minimum absolute atomic E-state index is 0.135. The zero-order valence-electron chi connectivity index (χ0n) is 13.2. The van der Waals surface area contributed by atoms with Crippen molar-refractivity contribution >= 4 is 17.5 Å². The van der Waals surface area contributed by atoms with Gasteiger partial charge in [0.25, 0.3) is 0 Å². The first-order valence-corrected chi connectivity index (χ1v) is 8.21. The second kappa shape index (κ2) is 7.05. The molecule has 1 atom stereocenters. The van der Waals surface area contributed by atoms with Gasteiger partial charge in [-0.05, 0) is 29.7 Å². The maximum Gasteiger partial charge on any atom is 0.227 e. The number of rotatable bonds is 4. The number of amides is 1. The third kappa shape index (κ3) is 3.50. The Morgan fingerprint density at radius 2 is 1.96 bits per heavy atom. The summed E-state index contributed by atoms with van der Waals surface area (Å²) in [6, 6.07) is 15.6. The van der Waals surface area contributed by atoms with Crippen LogP contribution in [0.5, 0.6) is 5.75 Å². The number of carbonyl (C=O) groups excluding carboxylic acids is 1.